The van der Waals surface area contributed by atoms with Gasteiger partial charge in [0.25, 0.3) is 0 Å². The zero-order valence-corrected chi connectivity index (χ0v) is 17.0. The second-order valence-corrected chi connectivity index (χ2v) is 7.13. The molecule has 9 heteroatoms. The molecular formula is C20H27N7O2. The van der Waals surface area contributed by atoms with Gasteiger partial charge < -0.3 is 19.3 Å². The minimum absolute atomic E-state index is 0.451. The van der Waals surface area contributed by atoms with Crippen molar-refractivity contribution in [2.45, 2.75) is 25.7 Å². The highest BCUT2D eigenvalue weighted by Gasteiger charge is 2.21. The Morgan fingerprint density at radius 2 is 1.52 bits per heavy atom. The van der Waals surface area contributed by atoms with Crippen LogP contribution in [0.2, 0.25) is 0 Å². The number of aromatic nitrogens is 3. The summed E-state index contributed by atoms with van der Waals surface area (Å²) in [5.74, 6) is 3.31. The summed E-state index contributed by atoms with van der Waals surface area (Å²) >= 11 is 0. The summed E-state index contributed by atoms with van der Waals surface area (Å²) in [5, 5.41) is 4.33. The minimum atomic E-state index is 0.451. The maximum atomic E-state index is 5.41. The summed E-state index contributed by atoms with van der Waals surface area (Å²) in [6.07, 6.45) is 6.37. The first kappa shape index (κ1) is 19.2. The third kappa shape index (κ3) is 4.49. The van der Waals surface area contributed by atoms with Crippen molar-refractivity contribution in [3.63, 3.8) is 0 Å². The Hall–Kier alpha value is -3.10. The van der Waals surface area contributed by atoms with Crippen LogP contribution >= 0.6 is 0 Å². The van der Waals surface area contributed by atoms with Gasteiger partial charge in [-0.2, -0.15) is 20.1 Å². The number of ether oxygens (including phenoxy) is 2. The van der Waals surface area contributed by atoms with Crippen LogP contribution in [-0.2, 0) is 0 Å². The average Bonchev–Trinajstić information content (AvgIpc) is 3.48. The smallest absolute Gasteiger partial charge is 0.250 e. The fraction of sp³-hybridized carbons (Fsp3) is 0.500. The van der Waals surface area contributed by atoms with Crippen LogP contribution < -0.4 is 24.7 Å². The Kier molecular flexibility index (Phi) is 5.92. The monoisotopic (exact) mass is 397 g/mol. The Balaban J connectivity index is 1.55. The zero-order valence-electron chi connectivity index (χ0n) is 17.0. The van der Waals surface area contributed by atoms with Gasteiger partial charge >= 0.3 is 0 Å². The Morgan fingerprint density at radius 1 is 0.897 bits per heavy atom. The molecule has 1 aromatic heterocycles. The number of hydrazone groups is 1. The Morgan fingerprint density at radius 3 is 2.07 bits per heavy atom. The molecule has 2 aromatic rings. The SMILES string of the molecule is COc1ccc(/C=N/Nc2nc(N3CCCC3)nc(N3CCCC3)n2)c(OC)c1. The van der Waals surface area contributed by atoms with Crippen molar-refractivity contribution in [1.82, 2.24) is 15.0 Å². The molecule has 1 aromatic carbocycles. The number of anilines is 3. The molecule has 0 saturated carbocycles. The predicted octanol–water partition coefficient (Wildman–Crippen LogP) is 2.54. The summed E-state index contributed by atoms with van der Waals surface area (Å²) in [6, 6.07) is 5.58. The van der Waals surface area contributed by atoms with Gasteiger partial charge in [-0.1, -0.05) is 0 Å². The van der Waals surface area contributed by atoms with Gasteiger partial charge in [-0.15, -0.1) is 0 Å². The van der Waals surface area contributed by atoms with Crippen molar-refractivity contribution in [3.8, 4) is 11.5 Å². The molecule has 0 unspecified atom stereocenters. The van der Waals surface area contributed by atoms with E-state index < -0.39 is 0 Å². The Bertz CT molecular complexity index is 828. The highest BCUT2D eigenvalue weighted by atomic mass is 16.5. The second-order valence-electron chi connectivity index (χ2n) is 7.13. The Labute approximate surface area is 170 Å². The van der Waals surface area contributed by atoms with Crippen molar-refractivity contribution in [2.75, 3.05) is 55.6 Å². The van der Waals surface area contributed by atoms with Gasteiger partial charge in [0.15, 0.2) is 0 Å². The molecule has 4 rings (SSSR count). The summed E-state index contributed by atoms with van der Waals surface area (Å²) < 4.78 is 10.6. The van der Waals surface area contributed by atoms with E-state index in [0.29, 0.717) is 11.7 Å². The predicted molar refractivity (Wildman–Crippen MR) is 113 cm³/mol. The number of rotatable bonds is 7. The molecule has 3 heterocycles. The van der Waals surface area contributed by atoms with E-state index in [0.717, 1.165) is 49.4 Å². The van der Waals surface area contributed by atoms with Gasteiger partial charge in [-0.3, -0.25) is 0 Å². The topological polar surface area (TPSA) is 88.0 Å². The molecule has 0 amide bonds. The van der Waals surface area contributed by atoms with Gasteiger partial charge in [-0.25, -0.2) is 5.43 Å². The van der Waals surface area contributed by atoms with Crippen LogP contribution in [0.5, 0.6) is 11.5 Å². The van der Waals surface area contributed by atoms with Gasteiger partial charge in [0.2, 0.25) is 17.8 Å². The van der Waals surface area contributed by atoms with Crippen molar-refractivity contribution in [2.24, 2.45) is 5.10 Å². The van der Waals surface area contributed by atoms with Crippen molar-refractivity contribution in [1.29, 1.82) is 0 Å². The molecule has 2 aliphatic heterocycles. The zero-order chi connectivity index (χ0) is 20.1. The van der Waals surface area contributed by atoms with Crippen LogP contribution in [0.1, 0.15) is 31.2 Å². The van der Waals surface area contributed by atoms with Crippen LogP contribution in [0.25, 0.3) is 0 Å². The minimum Gasteiger partial charge on any atom is -0.497 e. The molecule has 2 saturated heterocycles. The molecule has 2 aliphatic rings. The van der Waals surface area contributed by atoms with E-state index in [2.05, 4.69) is 30.3 Å². The number of methoxy groups -OCH3 is 2. The first-order valence-corrected chi connectivity index (χ1v) is 10.0. The second kappa shape index (κ2) is 8.93. The van der Waals surface area contributed by atoms with E-state index in [4.69, 9.17) is 14.5 Å². The molecule has 0 spiro atoms. The largest absolute Gasteiger partial charge is 0.497 e. The molecule has 154 valence electrons. The molecule has 0 radical (unpaired) electrons. The van der Waals surface area contributed by atoms with E-state index in [1.165, 1.54) is 25.7 Å². The summed E-state index contributed by atoms with van der Waals surface area (Å²) in [7, 11) is 3.25. The summed E-state index contributed by atoms with van der Waals surface area (Å²) in [4.78, 5) is 18.3. The molecule has 0 bridgehead atoms. The molecule has 0 atom stereocenters. The molecule has 29 heavy (non-hydrogen) atoms. The highest BCUT2D eigenvalue weighted by Crippen LogP contribution is 2.24. The highest BCUT2D eigenvalue weighted by molar-refractivity contribution is 5.84. The quantitative estimate of drug-likeness (QED) is 0.563. The average molecular weight is 397 g/mol. The summed E-state index contributed by atoms with van der Waals surface area (Å²) in [5.41, 5.74) is 3.80. The van der Waals surface area contributed by atoms with Crippen LogP contribution in [0.3, 0.4) is 0 Å². The van der Waals surface area contributed by atoms with Gasteiger partial charge in [-0.05, 0) is 37.8 Å². The number of hydrogen-bond donors (Lipinski definition) is 1. The van der Waals surface area contributed by atoms with Crippen LogP contribution in [0, 0.1) is 0 Å². The third-order valence-corrected chi connectivity index (χ3v) is 5.20. The van der Waals surface area contributed by atoms with E-state index in [1.54, 1.807) is 20.4 Å². The van der Waals surface area contributed by atoms with Gasteiger partial charge in [0.05, 0.1) is 20.4 Å². The fourth-order valence-electron chi connectivity index (χ4n) is 3.61. The molecule has 9 nitrogen and oxygen atoms in total. The standard InChI is InChI=1S/C20H27N7O2/c1-28-16-8-7-15(17(13-16)29-2)14-21-25-18-22-19(26-9-3-4-10-26)24-20(23-18)27-11-5-6-12-27/h7-8,13-14H,3-6,9-12H2,1-2H3,(H,22,23,24,25)/b21-14+. The van der Waals surface area contributed by atoms with E-state index >= 15 is 0 Å². The lowest BCUT2D eigenvalue weighted by Crippen LogP contribution is -2.25. The van der Waals surface area contributed by atoms with Crippen molar-refractivity contribution >= 4 is 24.1 Å². The van der Waals surface area contributed by atoms with Crippen molar-refractivity contribution < 1.29 is 9.47 Å². The van der Waals surface area contributed by atoms with Gasteiger partial charge in [0, 0.05) is 37.8 Å². The molecule has 1 N–H and O–H groups in total. The molecule has 2 fully saturated rings. The van der Waals surface area contributed by atoms with Gasteiger partial charge in [0.1, 0.15) is 11.5 Å². The number of hydrogen-bond acceptors (Lipinski definition) is 9. The number of nitrogens with one attached hydrogen (secondary N) is 1. The lowest BCUT2D eigenvalue weighted by Gasteiger charge is -2.20. The number of nitrogens with zero attached hydrogens (tertiary/aromatic N) is 6. The molecule has 0 aliphatic carbocycles. The maximum absolute atomic E-state index is 5.41. The van der Waals surface area contributed by atoms with Crippen molar-refractivity contribution in [3.05, 3.63) is 23.8 Å². The van der Waals surface area contributed by atoms with Crippen LogP contribution in [-0.4, -0.2) is 61.6 Å². The normalized spacial score (nSPS) is 16.6. The maximum Gasteiger partial charge on any atom is 0.250 e. The lowest BCUT2D eigenvalue weighted by molar-refractivity contribution is 0.394. The summed E-state index contributed by atoms with van der Waals surface area (Å²) in [6.45, 7) is 3.93. The van der Waals surface area contributed by atoms with Crippen LogP contribution in [0.15, 0.2) is 23.3 Å². The van der Waals surface area contributed by atoms with E-state index in [1.807, 2.05) is 18.2 Å². The number of benzene rings is 1. The van der Waals surface area contributed by atoms with E-state index in [-0.39, 0.29) is 0 Å². The van der Waals surface area contributed by atoms with Crippen LogP contribution in [0.4, 0.5) is 17.8 Å². The van der Waals surface area contributed by atoms with E-state index in [9.17, 15) is 0 Å². The first-order valence-electron chi connectivity index (χ1n) is 10.0. The fourth-order valence-corrected chi connectivity index (χ4v) is 3.61. The lowest BCUT2D eigenvalue weighted by atomic mass is 10.2. The molecular weight excluding hydrogens is 370 g/mol. The first-order chi connectivity index (χ1) is 14.3. The third-order valence-electron chi connectivity index (χ3n) is 5.20.